The van der Waals surface area contributed by atoms with Gasteiger partial charge in [0.25, 0.3) is 5.91 Å². The minimum Gasteiger partial charge on any atom is -0.480 e. The molecule has 1 aromatic carbocycles. The third-order valence-electron chi connectivity index (χ3n) is 5.02. The second-order valence-corrected chi connectivity index (χ2v) is 6.77. The number of hydrogen-bond acceptors (Lipinski definition) is 6. The van der Waals surface area contributed by atoms with E-state index in [2.05, 4.69) is 28.9 Å². The monoisotopic (exact) mass is 384 g/mol. The van der Waals surface area contributed by atoms with Gasteiger partial charge in [0.2, 0.25) is 11.8 Å². The number of amides is 1. The van der Waals surface area contributed by atoms with Crippen LogP contribution in [0.3, 0.4) is 0 Å². The van der Waals surface area contributed by atoms with Crippen molar-refractivity contribution in [3.63, 3.8) is 0 Å². The molecule has 1 aliphatic heterocycles. The summed E-state index contributed by atoms with van der Waals surface area (Å²) in [4.78, 5) is 17.0. The van der Waals surface area contributed by atoms with Crippen molar-refractivity contribution in [2.45, 2.75) is 32.8 Å². The normalized spacial score (nSPS) is 16.5. The molecule has 7 nitrogen and oxygen atoms in total. The number of aromatic nitrogens is 2. The van der Waals surface area contributed by atoms with E-state index in [1.54, 1.807) is 19.2 Å². The highest BCUT2D eigenvalue weighted by molar-refractivity contribution is 5.94. The van der Waals surface area contributed by atoms with E-state index in [4.69, 9.17) is 9.47 Å². The first-order valence-electron chi connectivity index (χ1n) is 9.83. The molecular formula is C21H28N4O3. The van der Waals surface area contributed by atoms with Crippen LogP contribution >= 0.6 is 0 Å². The molecule has 150 valence electrons. The number of piperidine rings is 1. The summed E-state index contributed by atoms with van der Waals surface area (Å²) in [5.41, 5.74) is 1.85. The standard InChI is InChI=1S/C21H28N4O3/c1-4-24(5-2)17-10-8-16(9-11-17)21(26)25-14-6-7-18(15-25)28-20-13-12-19(27-3)22-23-20/h8-13,18H,4-7,14-15H2,1-3H3. The molecular weight excluding hydrogens is 356 g/mol. The van der Waals surface area contributed by atoms with Crippen molar-refractivity contribution in [3.05, 3.63) is 42.0 Å². The Morgan fingerprint density at radius 2 is 1.79 bits per heavy atom. The van der Waals surface area contributed by atoms with E-state index in [9.17, 15) is 4.79 Å². The van der Waals surface area contributed by atoms with Gasteiger partial charge in [-0.25, -0.2) is 0 Å². The topological polar surface area (TPSA) is 67.8 Å². The first-order valence-corrected chi connectivity index (χ1v) is 9.83. The Bertz CT molecular complexity index is 760. The Kier molecular flexibility index (Phi) is 6.68. The molecule has 28 heavy (non-hydrogen) atoms. The number of methoxy groups -OCH3 is 1. The number of rotatable bonds is 7. The van der Waals surface area contributed by atoms with Gasteiger partial charge in [-0.2, -0.15) is 0 Å². The number of nitrogens with zero attached hydrogens (tertiary/aromatic N) is 4. The first-order chi connectivity index (χ1) is 13.6. The van der Waals surface area contributed by atoms with Gasteiger partial charge in [0.05, 0.1) is 13.7 Å². The van der Waals surface area contributed by atoms with Crippen molar-refractivity contribution in [2.24, 2.45) is 0 Å². The molecule has 0 N–H and O–H groups in total. The van der Waals surface area contributed by atoms with E-state index in [0.717, 1.165) is 38.2 Å². The lowest BCUT2D eigenvalue weighted by Crippen LogP contribution is -2.44. The molecule has 2 heterocycles. The maximum absolute atomic E-state index is 12.9. The molecule has 2 aromatic rings. The maximum atomic E-state index is 12.9. The van der Waals surface area contributed by atoms with Crippen LogP contribution in [0.2, 0.25) is 0 Å². The Morgan fingerprint density at radius 3 is 2.39 bits per heavy atom. The molecule has 3 rings (SSSR count). The summed E-state index contributed by atoms with van der Waals surface area (Å²) in [7, 11) is 1.55. The van der Waals surface area contributed by atoms with Gasteiger partial charge in [0.15, 0.2) is 0 Å². The van der Waals surface area contributed by atoms with Crippen LogP contribution in [0.15, 0.2) is 36.4 Å². The van der Waals surface area contributed by atoms with Crippen molar-refractivity contribution >= 4 is 11.6 Å². The molecule has 1 atom stereocenters. The highest BCUT2D eigenvalue weighted by atomic mass is 16.5. The fourth-order valence-corrected chi connectivity index (χ4v) is 3.46. The number of hydrogen-bond donors (Lipinski definition) is 0. The lowest BCUT2D eigenvalue weighted by atomic mass is 10.1. The van der Waals surface area contributed by atoms with Crippen LogP contribution in [0.5, 0.6) is 11.8 Å². The van der Waals surface area contributed by atoms with Crippen molar-refractivity contribution in [2.75, 3.05) is 38.2 Å². The smallest absolute Gasteiger partial charge is 0.253 e. The van der Waals surface area contributed by atoms with Gasteiger partial charge in [-0.1, -0.05) is 0 Å². The SMILES string of the molecule is CCN(CC)c1ccc(C(=O)N2CCCC(Oc3ccc(OC)nn3)C2)cc1. The summed E-state index contributed by atoms with van der Waals surface area (Å²) in [6.45, 7) is 7.44. The van der Waals surface area contributed by atoms with Crippen LogP contribution in [0, 0.1) is 0 Å². The minimum absolute atomic E-state index is 0.0419. The molecule has 1 aliphatic rings. The third kappa shape index (κ3) is 4.71. The lowest BCUT2D eigenvalue weighted by molar-refractivity contribution is 0.0525. The molecule has 1 unspecified atom stereocenters. The summed E-state index contributed by atoms with van der Waals surface area (Å²) in [5, 5.41) is 7.93. The van der Waals surface area contributed by atoms with Crippen molar-refractivity contribution in [1.82, 2.24) is 15.1 Å². The summed E-state index contributed by atoms with van der Waals surface area (Å²) in [6.07, 6.45) is 1.70. The fourth-order valence-electron chi connectivity index (χ4n) is 3.46. The van der Waals surface area contributed by atoms with Gasteiger partial charge in [0.1, 0.15) is 6.10 Å². The van der Waals surface area contributed by atoms with Crippen LogP contribution < -0.4 is 14.4 Å². The zero-order valence-corrected chi connectivity index (χ0v) is 16.8. The summed E-state index contributed by atoms with van der Waals surface area (Å²) >= 11 is 0. The summed E-state index contributed by atoms with van der Waals surface area (Å²) in [5.74, 6) is 0.935. The number of likely N-dealkylation sites (tertiary alicyclic amines) is 1. The highest BCUT2D eigenvalue weighted by Crippen LogP contribution is 2.21. The number of ether oxygens (including phenoxy) is 2. The Hall–Kier alpha value is -2.83. The molecule has 0 saturated carbocycles. The first kappa shape index (κ1) is 19.9. The number of benzene rings is 1. The van der Waals surface area contributed by atoms with E-state index in [0.29, 0.717) is 23.9 Å². The van der Waals surface area contributed by atoms with E-state index in [-0.39, 0.29) is 12.0 Å². The van der Waals surface area contributed by atoms with Crippen LogP contribution in [-0.4, -0.2) is 60.4 Å². The van der Waals surface area contributed by atoms with E-state index in [1.807, 2.05) is 29.2 Å². The molecule has 1 fully saturated rings. The molecule has 0 radical (unpaired) electrons. The van der Waals surface area contributed by atoms with E-state index >= 15 is 0 Å². The number of carbonyl (C=O) groups is 1. The Balaban J connectivity index is 1.62. The average molecular weight is 384 g/mol. The highest BCUT2D eigenvalue weighted by Gasteiger charge is 2.26. The van der Waals surface area contributed by atoms with Crippen molar-refractivity contribution in [3.8, 4) is 11.8 Å². The Labute approximate surface area is 166 Å². The Morgan fingerprint density at radius 1 is 1.11 bits per heavy atom. The zero-order chi connectivity index (χ0) is 19.9. The second kappa shape index (κ2) is 9.39. The van der Waals surface area contributed by atoms with Gasteiger partial charge in [0, 0.05) is 43.0 Å². The van der Waals surface area contributed by atoms with Crippen LogP contribution in [0.4, 0.5) is 5.69 Å². The minimum atomic E-state index is -0.0876. The molecule has 1 aromatic heterocycles. The van der Waals surface area contributed by atoms with Crippen LogP contribution in [0.25, 0.3) is 0 Å². The molecule has 7 heteroatoms. The quantitative estimate of drug-likeness (QED) is 0.731. The summed E-state index contributed by atoms with van der Waals surface area (Å²) < 4.78 is 10.9. The average Bonchev–Trinajstić information content (AvgIpc) is 2.75. The lowest BCUT2D eigenvalue weighted by Gasteiger charge is -2.32. The van der Waals surface area contributed by atoms with E-state index < -0.39 is 0 Å². The summed E-state index contributed by atoms with van der Waals surface area (Å²) in [6, 6.07) is 11.3. The van der Waals surface area contributed by atoms with E-state index in [1.165, 1.54) is 0 Å². The molecule has 0 spiro atoms. The largest absolute Gasteiger partial charge is 0.480 e. The predicted octanol–water partition coefficient (Wildman–Crippen LogP) is 3.02. The molecule has 1 amide bonds. The zero-order valence-electron chi connectivity index (χ0n) is 16.8. The second-order valence-electron chi connectivity index (χ2n) is 6.77. The maximum Gasteiger partial charge on any atom is 0.253 e. The third-order valence-corrected chi connectivity index (χ3v) is 5.02. The van der Waals surface area contributed by atoms with Crippen LogP contribution in [0.1, 0.15) is 37.0 Å². The fraction of sp³-hybridized carbons (Fsp3) is 0.476. The van der Waals surface area contributed by atoms with Gasteiger partial charge >= 0.3 is 0 Å². The molecule has 1 saturated heterocycles. The van der Waals surface area contributed by atoms with Crippen LogP contribution in [-0.2, 0) is 0 Å². The predicted molar refractivity (Wildman–Crippen MR) is 108 cm³/mol. The van der Waals surface area contributed by atoms with Gasteiger partial charge < -0.3 is 19.3 Å². The number of anilines is 1. The van der Waals surface area contributed by atoms with Crippen molar-refractivity contribution in [1.29, 1.82) is 0 Å². The van der Waals surface area contributed by atoms with Gasteiger partial charge in [-0.15, -0.1) is 10.2 Å². The van der Waals surface area contributed by atoms with Gasteiger partial charge in [-0.05, 0) is 51.0 Å². The number of carbonyl (C=O) groups excluding carboxylic acids is 1. The van der Waals surface area contributed by atoms with Gasteiger partial charge in [-0.3, -0.25) is 4.79 Å². The molecule has 0 bridgehead atoms. The van der Waals surface area contributed by atoms with Crippen molar-refractivity contribution < 1.29 is 14.3 Å². The molecule has 0 aliphatic carbocycles.